The van der Waals surface area contributed by atoms with Gasteiger partial charge in [-0.15, -0.1) is 0 Å². The van der Waals surface area contributed by atoms with Crippen LogP contribution in [-0.2, 0) is 28.4 Å². The molecule has 0 radical (unpaired) electrons. The Morgan fingerprint density at radius 1 is 0.927 bits per heavy atom. The van der Waals surface area contributed by atoms with Crippen LogP contribution in [0, 0.1) is 0 Å². The van der Waals surface area contributed by atoms with E-state index in [4.69, 9.17) is 18.9 Å². The fourth-order valence-electron chi connectivity index (χ4n) is 4.71. The highest BCUT2D eigenvalue weighted by molar-refractivity contribution is 5.91. The maximum atomic E-state index is 13.5. The van der Waals surface area contributed by atoms with Gasteiger partial charge in [0.2, 0.25) is 0 Å². The van der Waals surface area contributed by atoms with Crippen LogP contribution < -0.4 is 14.4 Å². The largest absolute Gasteiger partial charge is 0.493 e. The molecule has 14 heteroatoms. The molecule has 2 aromatic carbocycles. The molecule has 2 aromatic rings. The standard InChI is InChI=1S/C27H30F6N2O6/c1-6-7-41-25(37)35-15(2)8-20(19-12-22(38-3)23(39-4)13-21(19)35)34(24(36)40-5)14-16-9-17(26(28,29)30)11-18(10-16)27(31,32)33/h9-13,15,20H,6-8,14H2,1-5H3/t15-,20+/m1/s1. The Hall–Kier alpha value is -3.84. The average molecular weight is 593 g/mol. The minimum Gasteiger partial charge on any atom is -0.493 e. The van der Waals surface area contributed by atoms with Gasteiger partial charge in [0, 0.05) is 24.2 Å². The van der Waals surface area contributed by atoms with Crippen molar-refractivity contribution in [3.8, 4) is 11.5 Å². The minimum atomic E-state index is -5.07. The van der Waals surface area contributed by atoms with Gasteiger partial charge in [0.1, 0.15) is 0 Å². The highest BCUT2D eigenvalue weighted by atomic mass is 19.4. The lowest BCUT2D eigenvalue weighted by Gasteiger charge is -2.42. The van der Waals surface area contributed by atoms with E-state index in [2.05, 4.69) is 0 Å². The lowest BCUT2D eigenvalue weighted by Crippen LogP contribution is -2.47. The molecule has 0 saturated heterocycles. The van der Waals surface area contributed by atoms with Crippen molar-refractivity contribution in [2.45, 2.75) is 57.7 Å². The molecular weight excluding hydrogens is 562 g/mol. The third kappa shape index (κ3) is 6.91. The lowest BCUT2D eigenvalue weighted by atomic mass is 9.90. The number of halogens is 6. The predicted octanol–water partition coefficient (Wildman–Crippen LogP) is 7.20. The summed E-state index contributed by atoms with van der Waals surface area (Å²) in [5.74, 6) is 0.459. The van der Waals surface area contributed by atoms with Gasteiger partial charge in [0.15, 0.2) is 11.5 Å². The van der Waals surface area contributed by atoms with Crippen LogP contribution in [0.2, 0.25) is 0 Å². The first kappa shape index (κ1) is 31.7. The van der Waals surface area contributed by atoms with Crippen LogP contribution in [0.4, 0.5) is 41.6 Å². The van der Waals surface area contributed by atoms with Gasteiger partial charge in [-0.25, -0.2) is 9.59 Å². The highest BCUT2D eigenvalue weighted by Gasteiger charge is 2.41. The maximum absolute atomic E-state index is 13.5. The molecule has 0 aromatic heterocycles. The number of rotatable bonds is 7. The molecule has 3 rings (SSSR count). The average Bonchev–Trinajstić information content (AvgIpc) is 2.91. The topological polar surface area (TPSA) is 77.5 Å². The number of fused-ring (bicyclic) bond motifs is 1. The molecule has 0 spiro atoms. The quantitative estimate of drug-likeness (QED) is 0.317. The Morgan fingerprint density at radius 2 is 1.49 bits per heavy atom. The fraction of sp³-hybridized carbons (Fsp3) is 0.481. The number of benzene rings is 2. The summed E-state index contributed by atoms with van der Waals surface area (Å²) in [6.07, 6.45) is -11.2. The normalized spacial score (nSPS) is 17.0. The molecule has 8 nitrogen and oxygen atoms in total. The zero-order valence-electron chi connectivity index (χ0n) is 23.0. The molecule has 0 bridgehead atoms. The summed E-state index contributed by atoms with van der Waals surface area (Å²) in [6, 6.07) is 2.55. The van der Waals surface area contributed by atoms with Crippen LogP contribution in [0.3, 0.4) is 0 Å². The van der Waals surface area contributed by atoms with Crippen molar-refractivity contribution in [3.63, 3.8) is 0 Å². The van der Waals surface area contributed by atoms with E-state index in [-0.39, 0.29) is 36.3 Å². The van der Waals surface area contributed by atoms with Gasteiger partial charge in [0.25, 0.3) is 0 Å². The number of methoxy groups -OCH3 is 3. The van der Waals surface area contributed by atoms with E-state index < -0.39 is 59.9 Å². The third-order valence-corrected chi connectivity index (χ3v) is 6.57. The summed E-state index contributed by atoms with van der Waals surface area (Å²) in [6.45, 7) is 2.96. The second kappa shape index (κ2) is 12.4. The zero-order valence-corrected chi connectivity index (χ0v) is 23.0. The fourth-order valence-corrected chi connectivity index (χ4v) is 4.71. The Kier molecular flexibility index (Phi) is 9.54. The minimum absolute atomic E-state index is 0.0148. The smallest absolute Gasteiger partial charge is 0.416 e. The number of hydrogen-bond acceptors (Lipinski definition) is 6. The second-order valence-corrected chi connectivity index (χ2v) is 9.36. The first-order valence-corrected chi connectivity index (χ1v) is 12.5. The highest BCUT2D eigenvalue weighted by Crippen LogP contribution is 2.47. The van der Waals surface area contributed by atoms with Crippen LogP contribution in [0.1, 0.15) is 55.0 Å². The van der Waals surface area contributed by atoms with Gasteiger partial charge >= 0.3 is 24.5 Å². The van der Waals surface area contributed by atoms with E-state index in [1.54, 1.807) is 6.92 Å². The molecule has 0 fully saturated rings. The molecule has 0 aliphatic carbocycles. The number of hydrogen-bond donors (Lipinski definition) is 0. The molecular formula is C27H30F6N2O6. The Balaban J connectivity index is 2.19. The van der Waals surface area contributed by atoms with Crippen molar-refractivity contribution >= 4 is 17.9 Å². The van der Waals surface area contributed by atoms with Gasteiger partial charge in [-0.05, 0) is 49.6 Å². The van der Waals surface area contributed by atoms with E-state index in [0.29, 0.717) is 24.1 Å². The summed E-state index contributed by atoms with van der Waals surface area (Å²) in [4.78, 5) is 28.4. The maximum Gasteiger partial charge on any atom is 0.416 e. The molecule has 0 N–H and O–H groups in total. The molecule has 41 heavy (non-hydrogen) atoms. The van der Waals surface area contributed by atoms with E-state index in [0.717, 1.165) is 12.0 Å². The van der Waals surface area contributed by atoms with Crippen molar-refractivity contribution in [2.24, 2.45) is 0 Å². The number of nitrogens with zero attached hydrogens (tertiary/aromatic N) is 2. The number of alkyl halides is 6. The summed E-state index contributed by atoms with van der Waals surface area (Å²) in [5.41, 5.74) is -2.86. The van der Waals surface area contributed by atoms with E-state index in [1.165, 1.54) is 31.3 Å². The van der Waals surface area contributed by atoms with Crippen LogP contribution in [-0.4, -0.2) is 51.1 Å². The van der Waals surface area contributed by atoms with E-state index in [1.807, 2.05) is 6.92 Å². The van der Waals surface area contributed by atoms with Crippen molar-refractivity contribution in [1.82, 2.24) is 4.90 Å². The molecule has 0 unspecified atom stereocenters. The first-order valence-electron chi connectivity index (χ1n) is 12.5. The summed E-state index contributed by atoms with van der Waals surface area (Å²) in [7, 11) is 3.77. The van der Waals surface area contributed by atoms with Crippen LogP contribution >= 0.6 is 0 Å². The van der Waals surface area contributed by atoms with Gasteiger partial charge in [-0.1, -0.05) is 6.92 Å². The van der Waals surface area contributed by atoms with Crippen molar-refractivity contribution in [1.29, 1.82) is 0 Å². The van der Waals surface area contributed by atoms with E-state index in [9.17, 15) is 35.9 Å². The SMILES string of the molecule is CCCOC(=O)N1c2cc(OC)c(OC)cc2[C@@H](N(Cc2cc(C(F)(F)F)cc(C(F)(F)F)c2)C(=O)OC)C[C@H]1C. The summed E-state index contributed by atoms with van der Waals surface area (Å²) < 4.78 is 102. The Morgan fingerprint density at radius 3 is 1.98 bits per heavy atom. The predicted molar refractivity (Wildman–Crippen MR) is 135 cm³/mol. The number of anilines is 1. The van der Waals surface area contributed by atoms with Crippen LogP contribution in [0.5, 0.6) is 11.5 Å². The molecule has 1 heterocycles. The zero-order chi connectivity index (χ0) is 30.7. The van der Waals surface area contributed by atoms with Gasteiger partial charge in [-0.2, -0.15) is 26.3 Å². The van der Waals surface area contributed by atoms with Crippen LogP contribution in [0.25, 0.3) is 0 Å². The molecule has 2 atom stereocenters. The molecule has 2 amide bonds. The Bertz CT molecular complexity index is 1230. The lowest BCUT2D eigenvalue weighted by molar-refractivity contribution is -0.143. The number of carbonyl (C=O) groups is 2. The Labute approximate surface area is 232 Å². The number of carbonyl (C=O) groups excluding carboxylic acids is 2. The van der Waals surface area contributed by atoms with Gasteiger partial charge < -0.3 is 18.9 Å². The molecule has 1 aliphatic rings. The third-order valence-electron chi connectivity index (χ3n) is 6.57. The van der Waals surface area contributed by atoms with Gasteiger partial charge in [0.05, 0.1) is 50.8 Å². The monoisotopic (exact) mass is 592 g/mol. The summed E-state index contributed by atoms with van der Waals surface area (Å²) >= 11 is 0. The van der Waals surface area contributed by atoms with Crippen molar-refractivity contribution in [2.75, 3.05) is 32.8 Å². The van der Waals surface area contributed by atoms with Crippen LogP contribution in [0.15, 0.2) is 30.3 Å². The molecule has 0 saturated carbocycles. The van der Waals surface area contributed by atoms with E-state index >= 15 is 0 Å². The van der Waals surface area contributed by atoms with Crippen molar-refractivity contribution in [3.05, 3.63) is 52.6 Å². The van der Waals surface area contributed by atoms with Gasteiger partial charge in [-0.3, -0.25) is 9.80 Å². The molecule has 226 valence electrons. The summed E-state index contributed by atoms with van der Waals surface area (Å²) in [5, 5.41) is 0. The first-order chi connectivity index (χ1) is 19.2. The number of ether oxygens (including phenoxy) is 4. The van der Waals surface area contributed by atoms with Crippen molar-refractivity contribution < 1.29 is 54.9 Å². The number of amides is 2. The second-order valence-electron chi connectivity index (χ2n) is 9.36. The molecule has 1 aliphatic heterocycles.